The topological polar surface area (TPSA) is 15.3 Å². The van der Waals surface area contributed by atoms with E-state index in [1.807, 2.05) is 0 Å². The summed E-state index contributed by atoms with van der Waals surface area (Å²) in [6.07, 6.45) is 4.15. The number of aryl methyl sites for hydroxylation is 2. The standard InChI is InChI=1S/C17H26N2/c1-13-3-4-17(14(2)11-13)19-10-7-16(12-19)15-5-8-18-9-6-15/h3-4,11,15-16,18H,5-10,12H2,1-2H3. The SMILES string of the molecule is Cc1ccc(N2CCC(C3CCNCC3)C2)c(C)c1. The van der Waals surface area contributed by atoms with Gasteiger partial charge in [-0.05, 0) is 69.7 Å². The molecular formula is C17H26N2. The van der Waals surface area contributed by atoms with Gasteiger partial charge in [0.05, 0.1) is 0 Å². The fraction of sp³-hybridized carbons (Fsp3) is 0.647. The van der Waals surface area contributed by atoms with Gasteiger partial charge in [0.25, 0.3) is 0 Å². The third-order valence-corrected chi connectivity index (χ3v) is 4.97. The molecule has 0 saturated carbocycles. The van der Waals surface area contributed by atoms with Gasteiger partial charge in [-0.3, -0.25) is 0 Å². The predicted octanol–water partition coefficient (Wildman–Crippen LogP) is 3.13. The molecule has 3 rings (SSSR count). The predicted molar refractivity (Wildman–Crippen MR) is 81.8 cm³/mol. The van der Waals surface area contributed by atoms with Crippen LogP contribution in [-0.2, 0) is 0 Å². The van der Waals surface area contributed by atoms with Crippen molar-refractivity contribution in [3.05, 3.63) is 29.3 Å². The van der Waals surface area contributed by atoms with Crippen LogP contribution >= 0.6 is 0 Å². The molecule has 104 valence electrons. The van der Waals surface area contributed by atoms with E-state index >= 15 is 0 Å². The van der Waals surface area contributed by atoms with E-state index in [1.165, 1.54) is 62.3 Å². The molecule has 0 spiro atoms. The van der Waals surface area contributed by atoms with Crippen LogP contribution in [0.25, 0.3) is 0 Å². The van der Waals surface area contributed by atoms with Crippen molar-refractivity contribution in [1.29, 1.82) is 0 Å². The van der Waals surface area contributed by atoms with Crippen molar-refractivity contribution >= 4 is 5.69 Å². The van der Waals surface area contributed by atoms with Gasteiger partial charge in [-0.15, -0.1) is 0 Å². The summed E-state index contributed by atoms with van der Waals surface area (Å²) in [5.74, 6) is 1.87. The third kappa shape index (κ3) is 2.79. The molecule has 1 unspecified atom stereocenters. The fourth-order valence-electron chi connectivity index (χ4n) is 3.87. The lowest BCUT2D eigenvalue weighted by molar-refractivity contribution is 0.276. The van der Waals surface area contributed by atoms with Crippen LogP contribution in [0.2, 0.25) is 0 Å². The van der Waals surface area contributed by atoms with Crippen molar-refractivity contribution in [2.24, 2.45) is 11.8 Å². The average Bonchev–Trinajstić information content (AvgIpc) is 2.89. The fourth-order valence-corrected chi connectivity index (χ4v) is 3.87. The van der Waals surface area contributed by atoms with Crippen LogP contribution in [0.5, 0.6) is 0 Å². The first-order chi connectivity index (χ1) is 9.24. The van der Waals surface area contributed by atoms with Crippen molar-refractivity contribution in [2.45, 2.75) is 33.1 Å². The summed E-state index contributed by atoms with van der Waals surface area (Å²) < 4.78 is 0. The minimum atomic E-state index is 0.919. The summed E-state index contributed by atoms with van der Waals surface area (Å²) in [7, 11) is 0. The Labute approximate surface area is 117 Å². The lowest BCUT2D eigenvalue weighted by atomic mass is 9.84. The molecule has 1 N–H and O–H groups in total. The number of anilines is 1. The Balaban J connectivity index is 1.67. The molecule has 2 heterocycles. The molecular weight excluding hydrogens is 232 g/mol. The van der Waals surface area contributed by atoms with Crippen molar-refractivity contribution in [1.82, 2.24) is 5.32 Å². The Morgan fingerprint density at radius 1 is 1.05 bits per heavy atom. The van der Waals surface area contributed by atoms with E-state index < -0.39 is 0 Å². The van der Waals surface area contributed by atoms with Gasteiger partial charge >= 0.3 is 0 Å². The molecule has 0 amide bonds. The van der Waals surface area contributed by atoms with Gasteiger partial charge in [-0.2, -0.15) is 0 Å². The molecule has 2 aliphatic rings. The Kier molecular flexibility index (Phi) is 3.79. The Morgan fingerprint density at radius 2 is 1.84 bits per heavy atom. The van der Waals surface area contributed by atoms with Crippen molar-refractivity contribution in [2.75, 3.05) is 31.1 Å². The second-order valence-electron chi connectivity index (χ2n) is 6.37. The number of nitrogens with zero attached hydrogens (tertiary/aromatic N) is 1. The van der Waals surface area contributed by atoms with Crippen LogP contribution in [0.3, 0.4) is 0 Å². The molecule has 1 aromatic rings. The molecule has 0 aromatic heterocycles. The Hall–Kier alpha value is -1.02. The first-order valence-electron chi connectivity index (χ1n) is 7.77. The van der Waals surface area contributed by atoms with Crippen molar-refractivity contribution in [3.63, 3.8) is 0 Å². The molecule has 0 aliphatic carbocycles. The summed E-state index contributed by atoms with van der Waals surface area (Å²) in [5.41, 5.74) is 4.27. The number of hydrogen-bond donors (Lipinski definition) is 1. The smallest absolute Gasteiger partial charge is 0.0396 e. The van der Waals surface area contributed by atoms with E-state index in [4.69, 9.17) is 0 Å². The van der Waals surface area contributed by atoms with E-state index in [-0.39, 0.29) is 0 Å². The molecule has 1 aromatic carbocycles. The van der Waals surface area contributed by atoms with Crippen LogP contribution < -0.4 is 10.2 Å². The minimum Gasteiger partial charge on any atom is -0.371 e. The first kappa shape index (κ1) is 13.0. The van der Waals surface area contributed by atoms with Crippen LogP contribution in [0.4, 0.5) is 5.69 Å². The maximum atomic E-state index is 3.48. The van der Waals surface area contributed by atoms with Gasteiger partial charge in [-0.25, -0.2) is 0 Å². The summed E-state index contributed by atoms with van der Waals surface area (Å²) in [6, 6.07) is 6.88. The number of piperidine rings is 1. The molecule has 0 bridgehead atoms. The molecule has 2 aliphatic heterocycles. The molecule has 2 nitrogen and oxygen atoms in total. The van der Waals surface area contributed by atoms with E-state index in [9.17, 15) is 0 Å². The highest BCUT2D eigenvalue weighted by Gasteiger charge is 2.30. The highest BCUT2D eigenvalue weighted by atomic mass is 15.2. The molecule has 19 heavy (non-hydrogen) atoms. The van der Waals surface area contributed by atoms with Gasteiger partial charge < -0.3 is 10.2 Å². The largest absolute Gasteiger partial charge is 0.371 e. The molecule has 0 radical (unpaired) electrons. The lowest BCUT2D eigenvalue weighted by Crippen LogP contribution is -2.33. The summed E-state index contributed by atoms with van der Waals surface area (Å²) in [4.78, 5) is 2.61. The van der Waals surface area contributed by atoms with Crippen molar-refractivity contribution in [3.8, 4) is 0 Å². The third-order valence-electron chi connectivity index (χ3n) is 4.97. The van der Waals surface area contributed by atoms with Crippen molar-refractivity contribution < 1.29 is 0 Å². The van der Waals surface area contributed by atoms with E-state index in [0.29, 0.717) is 0 Å². The highest BCUT2D eigenvalue weighted by molar-refractivity contribution is 5.55. The quantitative estimate of drug-likeness (QED) is 0.877. The van der Waals surface area contributed by atoms with Crippen LogP contribution in [0, 0.1) is 25.7 Å². The summed E-state index contributed by atoms with van der Waals surface area (Å²) in [5, 5.41) is 3.48. The monoisotopic (exact) mass is 258 g/mol. The summed E-state index contributed by atoms with van der Waals surface area (Å²) >= 11 is 0. The summed E-state index contributed by atoms with van der Waals surface area (Å²) in [6.45, 7) is 9.40. The maximum absolute atomic E-state index is 3.48. The number of hydrogen-bond acceptors (Lipinski definition) is 2. The van der Waals surface area contributed by atoms with Crippen LogP contribution in [0.15, 0.2) is 18.2 Å². The van der Waals surface area contributed by atoms with Gasteiger partial charge in [0, 0.05) is 18.8 Å². The zero-order chi connectivity index (χ0) is 13.2. The highest BCUT2D eigenvalue weighted by Crippen LogP contribution is 2.33. The lowest BCUT2D eigenvalue weighted by Gasteiger charge is -2.28. The second kappa shape index (κ2) is 5.54. The molecule has 1 atom stereocenters. The van der Waals surface area contributed by atoms with E-state index in [1.54, 1.807) is 0 Å². The second-order valence-corrected chi connectivity index (χ2v) is 6.37. The van der Waals surface area contributed by atoms with E-state index in [2.05, 4.69) is 42.3 Å². The zero-order valence-corrected chi connectivity index (χ0v) is 12.3. The average molecular weight is 258 g/mol. The number of rotatable bonds is 2. The molecule has 2 fully saturated rings. The number of benzene rings is 1. The molecule has 2 saturated heterocycles. The Bertz CT molecular complexity index is 435. The van der Waals surface area contributed by atoms with E-state index in [0.717, 1.165) is 11.8 Å². The van der Waals surface area contributed by atoms with Gasteiger partial charge in [0.1, 0.15) is 0 Å². The number of nitrogens with one attached hydrogen (secondary N) is 1. The maximum Gasteiger partial charge on any atom is 0.0396 e. The van der Waals surface area contributed by atoms with Crippen LogP contribution in [0.1, 0.15) is 30.4 Å². The van der Waals surface area contributed by atoms with Gasteiger partial charge in [0.2, 0.25) is 0 Å². The first-order valence-corrected chi connectivity index (χ1v) is 7.77. The Morgan fingerprint density at radius 3 is 2.58 bits per heavy atom. The van der Waals surface area contributed by atoms with Crippen LogP contribution in [-0.4, -0.2) is 26.2 Å². The molecule has 2 heteroatoms. The van der Waals surface area contributed by atoms with Gasteiger partial charge in [-0.1, -0.05) is 17.7 Å². The minimum absolute atomic E-state index is 0.919. The normalized spacial score (nSPS) is 24.9. The zero-order valence-electron chi connectivity index (χ0n) is 12.3. The van der Waals surface area contributed by atoms with Gasteiger partial charge in [0.15, 0.2) is 0 Å².